The van der Waals surface area contributed by atoms with Crippen LogP contribution in [0.3, 0.4) is 0 Å². The van der Waals surface area contributed by atoms with Crippen LogP contribution in [0.4, 0.5) is 0 Å². The van der Waals surface area contributed by atoms with Gasteiger partial charge in [-0.2, -0.15) is 0 Å². The molecular weight excluding hydrogens is 339 g/mol. The number of hydrogen-bond acceptors (Lipinski definition) is 3. The van der Waals surface area contributed by atoms with E-state index in [0.717, 1.165) is 31.7 Å². The van der Waals surface area contributed by atoms with Gasteiger partial charge in [0, 0.05) is 47.8 Å². The molecular formula is C14H19IN2O. The van der Waals surface area contributed by atoms with E-state index < -0.39 is 0 Å². The maximum absolute atomic E-state index is 12.1. The third-order valence-electron chi connectivity index (χ3n) is 3.43. The maximum Gasteiger partial charge on any atom is 0.164 e. The summed E-state index contributed by atoms with van der Waals surface area (Å²) in [5.41, 5.74) is 0.832. The van der Waals surface area contributed by atoms with Gasteiger partial charge in [0.2, 0.25) is 0 Å². The van der Waals surface area contributed by atoms with E-state index in [-0.39, 0.29) is 5.78 Å². The Morgan fingerprint density at radius 3 is 2.83 bits per heavy atom. The molecule has 1 aromatic carbocycles. The minimum atomic E-state index is 0.247. The highest BCUT2D eigenvalue weighted by Crippen LogP contribution is 2.10. The average Bonchev–Trinajstić information content (AvgIpc) is 2.38. The molecule has 0 amide bonds. The lowest BCUT2D eigenvalue weighted by atomic mass is 10.1. The SMILES string of the molecule is CC1CNCCN1CCC(=O)c1ccc(I)cc1. The number of nitrogens with zero attached hydrogens (tertiary/aromatic N) is 1. The number of rotatable bonds is 4. The van der Waals surface area contributed by atoms with Crippen LogP contribution >= 0.6 is 22.6 Å². The molecule has 0 saturated carbocycles. The first-order valence-electron chi connectivity index (χ1n) is 6.40. The number of carbonyl (C=O) groups excluding carboxylic acids is 1. The number of halogens is 1. The summed E-state index contributed by atoms with van der Waals surface area (Å²) in [6.45, 7) is 6.18. The topological polar surface area (TPSA) is 32.3 Å². The number of carbonyl (C=O) groups is 1. The first kappa shape index (κ1) is 14.0. The fourth-order valence-corrected chi connectivity index (χ4v) is 2.60. The quantitative estimate of drug-likeness (QED) is 0.661. The third kappa shape index (κ3) is 3.76. The van der Waals surface area contributed by atoms with Gasteiger partial charge in [0.1, 0.15) is 0 Å². The van der Waals surface area contributed by atoms with E-state index >= 15 is 0 Å². The normalized spacial score (nSPS) is 20.9. The minimum Gasteiger partial charge on any atom is -0.314 e. The first-order valence-corrected chi connectivity index (χ1v) is 7.48. The zero-order chi connectivity index (χ0) is 13.0. The van der Waals surface area contributed by atoms with Gasteiger partial charge in [-0.3, -0.25) is 9.69 Å². The highest BCUT2D eigenvalue weighted by Gasteiger charge is 2.18. The van der Waals surface area contributed by atoms with Gasteiger partial charge in [-0.05, 0) is 41.6 Å². The molecule has 1 aliphatic heterocycles. The number of nitrogens with one attached hydrogen (secondary N) is 1. The Balaban J connectivity index is 1.86. The van der Waals surface area contributed by atoms with Gasteiger partial charge in [-0.1, -0.05) is 12.1 Å². The molecule has 1 N–H and O–H groups in total. The van der Waals surface area contributed by atoms with Crippen LogP contribution < -0.4 is 5.32 Å². The van der Waals surface area contributed by atoms with Crippen molar-refractivity contribution >= 4 is 28.4 Å². The monoisotopic (exact) mass is 358 g/mol. The van der Waals surface area contributed by atoms with E-state index in [1.54, 1.807) is 0 Å². The summed E-state index contributed by atoms with van der Waals surface area (Å²) < 4.78 is 1.17. The molecule has 1 atom stereocenters. The van der Waals surface area contributed by atoms with Crippen molar-refractivity contribution in [3.05, 3.63) is 33.4 Å². The summed E-state index contributed by atoms with van der Waals surface area (Å²) in [5, 5.41) is 3.36. The van der Waals surface area contributed by atoms with Crippen LogP contribution in [0.25, 0.3) is 0 Å². The summed E-state index contributed by atoms with van der Waals surface area (Å²) in [4.78, 5) is 14.5. The number of benzene rings is 1. The lowest BCUT2D eigenvalue weighted by Gasteiger charge is -2.33. The lowest BCUT2D eigenvalue weighted by molar-refractivity contribution is 0.0942. The molecule has 2 rings (SSSR count). The van der Waals surface area contributed by atoms with Crippen LogP contribution in [0.15, 0.2) is 24.3 Å². The summed E-state index contributed by atoms with van der Waals surface area (Å²) in [5.74, 6) is 0.247. The summed E-state index contributed by atoms with van der Waals surface area (Å²) in [7, 11) is 0. The van der Waals surface area contributed by atoms with E-state index in [4.69, 9.17) is 0 Å². The van der Waals surface area contributed by atoms with Crippen LogP contribution in [-0.4, -0.2) is 42.9 Å². The molecule has 0 aliphatic carbocycles. The molecule has 98 valence electrons. The highest BCUT2D eigenvalue weighted by molar-refractivity contribution is 14.1. The van der Waals surface area contributed by atoms with Gasteiger partial charge in [0.05, 0.1) is 0 Å². The van der Waals surface area contributed by atoms with Crippen molar-refractivity contribution in [1.29, 1.82) is 0 Å². The summed E-state index contributed by atoms with van der Waals surface area (Å²) in [6, 6.07) is 8.35. The summed E-state index contributed by atoms with van der Waals surface area (Å²) in [6.07, 6.45) is 0.616. The zero-order valence-electron chi connectivity index (χ0n) is 10.7. The Morgan fingerprint density at radius 1 is 1.44 bits per heavy atom. The fraction of sp³-hybridized carbons (Fsp3) is 0.500. The Kier molecular flexibility index (Phi) is 5.14. The van der Waals surface area contributed by atoms with Crippen molar-refractivity contribution in [2.24, 2.45) is 0 Å². The molecule has 1 heterocycles. The number of Topliss-reactive ketones (excluding diaryl/α,β-unsaturated/α-hetero) is 1. The van der Waals surface area contributed by atoms with Crippen molar-refractivity contribution in [2.75, 3.05) is 26.2 Å². The van der Waals surface area contributed by atoms with Crippen molar-refractivity contribution in [2.45, 2.75) is 19.4 Å². The van der Waals surface area contributed by atoms with E-state index in [1.165, 1.54) is 3.57 Å². The zero-order valence-corrected chi connectivity index (χ0v) is 12.8. The van der Waals surface area contributed by atoms with Crippen molar-refractivity contribution < 1.29 is 4.79 Å². The van der Waals surface area contributed by atoms with E-state index in [1.807, 2.05) is 24.3 Å². The van der Waals surface area contributed by atoms with Crippen LogP contribution in [0.2, 0.25) is 0 Å². The number of ketones is 1. The van der Waals surface area contributed by atoms with Gasteiger partial charge in [-0.25, -0.2) is 0 Å². The third-order valence-corrected chi connectivity index (χ3v) is 4.15. The molecule has 18 heavy (non-hydrogen) atoms. The second-order valence-corrected chi connectivity index (χ2v) is 6.01. The molecule has 1 unspecified atom stereocenters. The van der Waals surface area contributed by atoms with Gasteiger partial charge in [0.25, 0.3) is 0 Å². The molecule has 3 nitrogen and oxygen atoms in total. The van der Waals surface area contributed by atoms with Gasteiger partial charge in [0.15, 0.2) is 5.78 Å². The van der Waals surface area contributed by atoms with Crippen molar-refractivity contribution in [3.63, 3.8) is 0 Å². The van der Waals surface area contributed by atoms with E-state index in [0.29, 0.717) is 12.5 Å². The molecule has 0 spiro atoms. The van der Waals surface area contributed by atoms with Gasteiger partial charge >= 0.3 is 0 Å². The Morgan fingerprint density at radius 2 is 2.17 bits per heavy atom. The molecule has 1 aromatic rings. The predicted molar refractivity (Wildman–Crippen MR) is 82.0 cm³/mol. The molecule has 0 aromatic heterocycles. The second kappa shape index (κ2) is 6.63. The lowest BCUT2D eigenvalue weighted by Crippen LogP contribution is -2.50. The predicted octanol–water partition coefficient (Wildman–Crippen LogP) is 2.16. The molecule has 1 aliphatic rings. The molecule has 1 fully saturated rings. The average molecular weight is 358 g/mol. The molecule has 0 bridgehead atoms. The minimum absolute atomic E-state index is 0.247. The van der Waals surface area contributed by atoms with Crippen LogP contribution in [0, 0.1) is 3.57 Å². The van der Waals surface area contributed by atoms with Gasteiger partial charge < -0.3 is 5.32 Å². The fourth-order valence-electron chi connectivity index (χ4n) is 2.24. The largest absolute Gasteiger partial charge is 0.314 e. The maximum atomic E-state index is 12.1. The second-order valence-electron chi connectivity index (χ2n) is 4.77. The standard InChI is InChI=1S/C14H19IN2O/c1-11-10-16-7-9-17(11)8-6-14(18)12-2-4-13(15)5-3-12/h2-5,11,16H,6-10H2,1H3. The Hall–Kier alpha value is -0.460. The molecule has 0 radical (unpaired) electrons. The highest BCUT2D eigenvalue weighted by atomic mass is 127. The number of piperazine rings is 1. The molecule has 4 heteroatoms. The van der Waals surface area contributed by atoms with Crippen molar-refractivity contribution in [1.82, 2.24) is 10.2 Å². The van der Waals surface area contributed by atoms with Crippen molar-refractivity contribution in [3.8, 4) is 0 Å². The smallest absolute Gasteiger partial charge is 0.164 e. The van der Waals surface area contributed by atoms with E-state index in [2.05, 4.69) is 39.7 Å². The van der Waals surface area contributed by atoms with Crippen LogP contribution in [0.1, 0.15) is 23.7 Å². The Labute approximate surface area is 122 Å². The van der Waals surface area contributed by atoms with Gasteiger partial charge in [-0.15, -0.1) is 0 Å². The number of hydrogen-bond donors (Lipinski definition) is 1. The van der Waals surface area contributed by atoms with Crippen LogP contribution in [-0.2, 0) is 0 Å². The first-order chi connectivity index (χ1) is 8.66. The Bertz CT molecular complexity index is 405. The van der Waals surface area contributed by atoms with Crippen LogP contribution in [0.5, 0.6) is 0 Å². The molecule has 1 saturated heterocycles. The summed E-state index contributed by atoms with van der Waals surface area (Å²) >= 11 is 2.25. The van der Waals surface area contributed by atoms with E-state index in [9.17, 15) is 4.79 Å².